The van der Waals surface area contributed by atoms with Crippen LogP contribution in [0, 0.1) is 5.82 Å². The zero-order valence-corrected chi connectivity index (χ0v) is 11.5. The minimum atomic E-state index is -0.298. The lowest BCUT2D eigenvalue weighted by molar-refractivity contribution is -0.122. The average molecular weight is 288 g/mol. The summed E-state index contributed by atoms with van der Waals surface area (Å²) in [7, 11) is 0. The van der Waals surface area contributed by atoms with E-state index in [2.05, 4.69) is 0 Å². The molecule has 20 heavy (non-hydrogen) atoms. The number of Topliss-reactive ketones (excluding diaryl/α,β-unsaturated/α-hetero) is 1. The van der Waals surface area contributed by atoms with Crippen LogP contribution in [-0.2, 0) is 4.79 Å². The minimum Gasteiger partial charge on any atom is -0.486 e. The van der Waals surface area contributed by atoms with Gasteiger partial charge in [0.25, 0.3) is 0 Å². The van der Waals surface area contributed by atoms with Gasteiger partial charge in [0.2, 0.25) is 0 Å². The molecule has 3 rings (SSSR count). The Morgan fingerprint density at radius 1 is 1.25 bits per heavy atom. The summed E-state index contributed by atoms with van der Waals surface area (Å²) in [4.78, 5) is 13.2. The van der Waals surface area contributed by atoms with E-state index in [1.165, 1.54) is 12.1 Å². The number of thioether (sulfide) groups is 1. The summed E-state index contributed by atoms with van der Waals surface area (Å²) in [6.45, 7) is 0.0190. The van der Waals surface area contributed by atoms with Crippen LogP contribution in [0.2, 0.25) is 0 Å². The van der Waals surface area contributed by atoms with Crippen molar-refractivity contribution in [3.05, 3.63) is 59.9 Å². The number of carbonyl (C=O) groups excluding carboxylic acids is 1. The number of hydrogen-bond donors (Lipinski definition) is 0. The molecule has 1 aliphatic rings. The molecule has 0 aromatic heterocycles. The molecule has 102 valence electrons. The van der Waals surface area contributed by atoms with Crippen LogP contribution in [-0.4, -0.2) is 18.1 Å². The van der Waals surface area contributed by atoms with Crippen molar-refractivity contribution in [1.82, 2.24) is 0 Å². The molecule has 1 atom stereocenters. The SMILES string of the molecule is O=C(COc1ccccc1)C1CSc2ccc(F)cc21. The zero-order chi connectivity index (χ0) is 13.9. The van der Waals surface area contributed by atoms with E-state index < -0.39 is 0 Å². The molecule has 0 saturated heterocycles. The molecule has 0 amide bonds. The Morgan fingerprint density at radius 3 is 2.85 bits per heavy atom. The zero-order valence-electron chi connectivity index (χ0n) is 10.7. The van der Waals surface area contributed by atoms with Crippen molar-refractivity contribution in [1.29, 1.82) is 0 Å². The first-order valence-corrected chi connectivity index (χ1v) is 7.35. The number of carbonyl (C=O) groups is 1. The lowest BCUT2D eigenvalue weighted by Gasteiger charge is -2.11. The van der Waals surface area contributed by atoms with Gasteiger partial charge >= 0.3 is 0 Å². The molecule has 0 radical (unpaired) electrons. The van der Waals surface area contributed by atoms with Crippen LogP contribution in [0.3, 0.4) is 0 Å². The topological polar surface area (TPSA) is 26.3 Å². The smallest absolute Gasteiger partial charge is 0.178 e. The summed E-state index contributed by atoms with van der Waals surface area (Å²) in [5.74, 6) is 0.759. The first-order valence-electron chi connectivity index (χ1n) is 6.37. The normalized spacial score (nSPS) is 16.8. The fourth-order valence-electron chi connectivity index (χ4n) is 2.22. The second kappa shape index (κ2) is 5.67. The van der Waals surface area contributed by atoms with Crippen LogP contribution in [0.25, 0.3) is 0 Å². The third-order valence-corrected chi connectivity index (χ3v) is 4.45. The van der Waals surface area contributed by atoms with Gasteiger partial charge in [-0.1, -0.05) is 18.2 Å². The van der Waals surface area contributed by atoms with Crippen LogP contribution in [0.4, 0.5) is 4.39 Å². The molecular weight excluding hydrogens is 275 g/mol. The van der Waals surface area contributed by atoms with Gasteiger partial charge in [-0.2, -0.15) is 0 Å². The molecule has 0 bridgehead atoms. The molecule has 2 nitrogen and oxygen atoms in total. The summed E-state index contributed by atoms with van der Waals surface area (Å²) < 4.78 is 18.8. The molecule has 0 spiro atoms. The highest BCUT2D eigenvalue weighted by Crippen LogP contribution is 2.40. The summed E-state index contributed by atoms with van der Waals surface area (Å²) in [5.41, 5.74) is 0.789. The second-order valence-electron chi connectivity index (χ2n) is 4.61. The number of halogens is 1. The van der Waals surface area contributed by atoms with E-state index in [1.807, 2.05) is 30.3 Å². The van der Waals surface area contributed by atoms with E-state index in [4.69, 9.17) is 4.74 Å². The van der Waals surface area contributed by atoms with Crippen molar-refractivity contribution >= 4 is 17.5 Å². The van der Waals surface area contributed by atoms with Crippen molar-refractivity contribution in [2.75, 3.05) is 12.4 Å². The highest BCUT2D eigenvalue weighted by Gasteiger charge is 2.29. The fourth-order valence-corrected chi connectivity index (χ4v) is 3.47. The molecule has 2 aromatic carbocycles. The molecule has 0 aliphatic carbocycles. The average Bonchev–Trinajstić information content (AvgIpc) is 2.89. The van der Waals surface area contributed by atoms with Gasteiger partial charge in [-0.15, -0.1) is 11.8 Å². The summed E-state index contributed by atoms with van der Waals surface area (Å²) in [6.07, 6.45) is 0. The predicted molar refractivity (Wildman–Crippen MR) is 76.8 cm³/mol. The lowest BCUT2D eigenvalue weighted by atomic mass is 9.97. The van der Waals surface area contributed by atoms with E-state index in [1.54, 1.807) is 17.8 Å². The third kappa shape index (κ3) is 2.70. The summed E-state index contributed by atoms with van der Waals surface area (Å²) >= 11 is 1.59. The maximum atomic E-state index is 13.3. The van der Waals surface area contributed by atoms with Gasteiger partial charge in [0.05, 0.1) is 5.92 Å². The van der Waals surface area contributed by atoms with Crippen LogP contribution in [0.1, 0.15) is 11.5 Å². The van der Waals surface area contributed by atoms with Crippen molar-refractivity contribution < 1.29 is 13.9 Å². The van der Waals surface area contributed by atoms with Gasteiger partial charge in [-0.25, -0.2) is 4.39 Å². The second-order valence-corrected chi connectivity index (χ2v) is 5.68. The Balaban J connectivity index is 1.69. The molecule has 0 fully saturated rings. The van der Waals surface area contributed by atoms with Crippen molar-refractivity contribution in [3.63, 3.8) is 0 Å². The number of hydrogen-bond acceptors (Lipinski definition) is 3. The van der Waals surface area contributed by atoms with E-state index in [0.29, 0.717) is 11.5 Å². The number of para-hydroxylation sites is 1. The number of rotatable bonds is 4. The Labute approximate surface area is 121 Å². The van der Waals surface area contributed by atoms with Crippen molar-refractivity contribution in [3.8, 4) is 5.75 Å². The van der Waals surface area contributed by atoms with Crippen LogP contribution in [0.5, 0.6) is 5.75 Å². The maximum Gasteiger partial charge on any atom is 0.178 e. The number of benzene rings is 2. The standard InChI is InChI=1S/C16H13FO2S/c17-11-6-7-16-13(8-11)14(10-20-16)15(18)9-19-12-4-2-1-3-5-12/h1-8,14H,9-10H2. The first kappa shape index (κ1) is 13.2. The minimum absolute atomic E-state index is 0.00861. The molecule has 1 unspecified atom stereocenters. The third-order valence-electron chi connectivity index (χ3n) is 3.27. The van der Waals surface area contributed by atoms with E-state index in [9.17, 15) is 9.18 Å². The van der Waals surface area contributed by atoms with Crippen molar-refractivity contribution in [2.24, 2.45) is 0 Å². The first-order chi connectivity index (χ1) is 9.74. The molecule has 0 N–H and O–H groups in total. The number of fused-ring (bicyclic) bond motifs is 1. The largest absolute Gasteiger partial charge is 0.486 e. The number of ether oxygens (including phenoxy) is 1. The van der Waals surface area contributed by atoms with Crippen LogP contribution >= 0.6 is 11.8 Å². The van der Waals surface area contributed by atoms with Crippen LogP contribution < -0.4 is 4.74 Å². The molecule has 0 saturated carbocycles. The Hall–Kier alpha value is -1.81. The maximum absolute atomic E-state index is 13.3. The predicted octanol–water partition coefficient (Wildman–Crippen LogP) is 3.66. The van der Waals surface area contributed by atoms with Gasteiger partial charge in [0.1, 0.15) is 18.2 Å². The van der Waals surface area contributed by atoms with E-state index in [-0.39, 0.29) is 24.1 Å². The number of ketones is 1. The lowest BCUT2D eigenvalue weighted by Crippen LogP contribution is -2.20. The van der Waals surface area contributed by atoms with Gasteiger partial charge in [0.15, 0.2) is 5.78 Å². The molecular formula is C16H13FO2S. The van der Waals surface area contributed by atoms with Gasteiger partial charge in [0, 0.05) is 10.6 Å². The van der Waals surface area contributed by atoms with Gasteiger partial charge in [-0.3, -0.25) is 4.79 Å². The summed E-state index contributed by atoms with van der Waals surface area (Å²) in [5, 5.41) is 0. The monoisotopic (exact) mass is 288 g/mol. The summed E-state index contributed by atoms with van der Waals surface area (Å²) in [6, 6.07) is 13.8. The van der Waals surface area contributed by atoms with Crippen molar-refractivity contribution in [2.45, 2.75) is 10.8 Å². The quantitative estimate of drug-likeness (QED) is 0.858. The Morgan fingerprint density at radius 2 is 2.05 bits per heavy atom. The van der Waals surface area contributed by atoms with E-state index in [0.717, 1.165) is 10.5 Å². The highest BCUT2D eigenvalue weighted by molar-refractivity contribution is 7.99. The highest BCUT2D eigenvalue weighted by atomic mass is 32.2. The van der Waals surface area contributed by atoms with Gasteiger partial charge < -0.3 is 4.74 Å². The molecule has 2 aromatic rings. The Kier molecular flexibility index (Phi) is 3.74. The molecule has 1 aliphatic heterocycles. The van der Waals surface area contributed by atoms with Gasteiger partial charge in [-0.05, 0) is 35.9 Å². The fraction of sp³-hybridized carbons (Fsp3) is 0.188. The Bertz CT molecular complexity index is 628. The molecule has 1 heterocycles. The molecule has 4 heteroatoms. The van der Waals surface area contributed by atoms with E-state index >= 15 is 0 Å². The van der Waals surface area contributed by atoms with Crippen LogP contribution in [0.15, 0.2) is 53.4 Å².